The first-order chi connectivity index (χ1) is 8.88. The SMILES string of the molecule is Cc1cc(Cl)cc(C(O)c2cc(C)c(F)c(C)c2)c1. The average molecular weight is 279 g/mol. The van der Waals surface area contributed by atoms with E-state index in [4.69, 9.17) is 11.6 Å². The minimum atomic E-state index is -0.796. The average Bonchev–Trinajstić information content (AvgIpc) is 2.33. The normalized spacial score (nSPS) is 12.5. The highest BCUT2D eigenvalue weighted by Gasteiger charge is 2.14. The van der Waals surface area contributed by atoms with Crippen molar-refractivity contribution in [3.05, 3.63) is 69.0 Å². The number of rotatable bonds is 2. The molecule has 0 aliphatic heterocycles. The van der Waals surface area contributed by atoms with Crippen molar-refractivity contribution in [2.75, 3.05) is 0 Å². The Labute approximate surface area is 117 Å². The molecule has 0 bridgehead atoms. The quantitative estimate of drug-likeness (QED) is 0.858. The monoisotopic (exact) mass is 278 g/mol. The third kappa shape index (κ3) is 2.96. The Kier molecular flexibility index (Phi) is 3.93. The molecule has 0 radical (unpaired) electrons. The molecule has 1 atom stereocenters. The van der Waals surface area contributed by atoms with Crippen LogP contribution in [0.2, 0.25) is 5.02 Å². The first-order valence-corrected chi connectivity index (χ1v) is 6.48. The van der Waals surface area contributed by atoms with Crippen LogP contribution in [-0.2, 0) is 0 Å². The van der Waals surface area contributed by atoms with E-state index in [2.05, 4.69) is 0 Å². The maximum atomic E-state index is 13.6. The molecule has 0 aliphatic rings. The van der Waals surface area contributed by atoms with Gasteiger partial charge in [-0.05, 0) is 60.7 Å². The van der Waals surface area contributed by atoms with Gasteiger partial charge >= 0.3 is 0 Å². The topological polar surface area (TPSA) is 20.2 Å². The molecule has 0 spiro atoms. The highest BCUT2D eigenvalue weighted by Crippen LogP contribution is 2.28. The Balaban J connectivity index is 2.46. The predicted octanol–water partition coefficient (Wildman–Crippen LogP) is 4.49. The highest BCUT2D eigenvalue weighted by atomic mass is 35.5. The molecule has 3 heteroatoms. The summed E-state index contributed by atoms with van der Waals surface area (Å²) in [5, 5.41) is 11.0. The van der Waals surface area contributed by atoms with Gasteiger partial charge in [-0.1, -0.05) is 29.8 Å². The van der Waals surface area contributed by atoms with Crippen molar-refractivity contribution < 1.29 is 9.50 Å². The summed E-state index contributed by atoms with van der Waals surface area (Å²) in [6.07, 6.45) is -0.796. The number of benzene rings is 2. The zero-order chi connectivity index (χ0) is 14.2. The second-order valence-electron chi connectivity index (χ2n) is 4.93. The van der Waals surface area contributed by atoms with Crippen LogP contribution in [0.25, 0.3) is 0 Å². The molecule has 1 nitrogen and oxygen atoms in total. The van der Waals surface area contributed by atoms with E-state index in [1.54, 1.807) is 32.0 Å². The summed E-state index contributed by atoms with van der Waals surface area (Å²) in [4.78, 5) is 0. The van der Waals surface area contributed by atoms with Gasteiger partial charge in [0.25, 0.3) is 0 Å². The third-order valence-electron chi connectivity index (χ3n) is 3.15. The van der Waals surface area contributed by atoms with Gasteiger partial charge in [-0.3, -0.25) is 0 Å². The van der Waals surface area contributed by atoms with E-state index in [1.165, 1.54) is 0 Å². The summed E-state index contributed by atoms with van der Waals surface area (Å²) in [7, 11) is 0. The van der Waals surface area contributed by atoms with Gasteiger partial charge in [0.1, 0.15) is 11.9 Å². The molecule has 0 amide bonds. The standard InChI is InChI=1S/C16H16ClFO/c1-9-4-12(8-14(17)5-9)16(19)13-6-10(2)15(18)11(3)7-13/h4-8,16,19H,1-3H3. The van der Waals surface area contributed by atoms with Crippen molar-refractivity contribution in [1.82, 2.24) is 0 Å². The molecule has 1 unspecified atom stereocenters. The molecule has 1 N–H and O–H groups in total. The Morgan fingerprint density at radius 3 is 2.00 bits per heavy atom. The van der Waals surface area contributed by atoms with Crippen molar-refractivity contribution >= 4 is 11.6 Å². The molecule has 0 aliphatic carbocycles. The number of hydrogen-bond donors (Lipinski definition) is 1. The van der Waals surface area contributed by atoms with Gasteiger partial charge < -0.3 is 5.11 Å². The number of hydrogen-bond acceptors (Lipinski definition) is 1. The molecule has 0 saturated heterocycles. The zero-order valence-corrected chi connectivity index (χ0v) is 11.9. The highest BCUT2D eigenvalue weighted by molar-refractivity contribution is 6.30. The first-order valence-electron chi connectivity index (χ1n) is 6.10. The second-order valence-corrected chi connectivity index (χ2v) is 5.37. The van der Waals surface area contributed by atoms with Crippen molar-refractivity contribution in [3.8, 4) is 0 Å². The second kappa shape index (κ2) is 5.32. The van der Waals surface area contributed by atoms with E-state index >= 15 is 0 Å². The Bertz CT molecular complexity index is 579. The van der Waals surface area contributed by atoms with Crippen LogP contribution in [0.4, 0.5) is 4.39 Å². The molecule has 19 heavy (non-hydrogen) atoms. The van der Waals surface area contributed by atoms with E-state index in [0.717, 1.165) is 11.1 Å². The predicted molar refractivity (Wildman–Crippen MR) is 76.1 cm³/mol. The summed E-state index contributed by atoms with van der Waals surface area (Å²) >= 11 is 6.00. The van der Waals surface area contributed by atoms with E-state index in [9.17, 15) is 9.50 Å². The van der Waals surface area contributed by atoms with Gasteiger partial charge in [0.15, 0.2) is 0 Å². The van der Waals surface area contributed by atoms with Crippen molar-refractivity contribution in [1.29, 1.82) is 0 Å². The van der Waals surface area contributed by atoms with Gasteiger partial charge in [0.2, 0.25) is 0 Å². The van der Waals surface area contributed by atoms with Crippen LogP contribution in [-0.4, -0.2) is 5.11 Å². The van der Waals surface area contributed by atoms with Gasteiger partial charge in [0, 0.05) is 5.02 Å². The molecule has 0 saturated carbocycles. The number of aliphatic hydroxyl groups is 1. The molecular weight excluding hydrogens is 263 g/mol. The van der Waals surface area contributed by atoms with Crippen molar-refractivity contribution in [2.45, 2.75) is 26.9 Å². The van der Waals surface area contributed by atoms with Gasteiger partial charge in [-0.25, -0.2) is 4.39 Å². The molecule has 0 fully saturated rings. The van der Waals surface area contributed by atoms with Crippen LogP contribution in [0.3, 0.4) is 0 Å². The Morgan fingerprint density at radius 2 is 1.47 bits per heavy atom. The van der Waals surface area contributed by atoms with E-state index in [1.807, 2.05) is 19.1 Å². The summed E-state index contributed by atoms with van der Waals surface area (Å²) in [5.41, 5.74) is 3.45. The van der Waals surface area contributed by atoms with E-state index in [0.29, 0.717) is 21.7 Å². The lowest BCUT2D eigenvalue weighted by molar-refractivity contribution is 0.220. The molecule has 2 aromatic rings. The summed E-state index contributed by atoms with van der Waals surface area (Å²) in [6, 6.07) is 8.78. The summed E-state index contributed by atoms with van der Waals surface area (Å²) in [6.45, 7) is 5.31. The molecular formula is C16H16ClFO. The summed E-state index contributed by atoms with van der Waals surface area (Å²) < 4.78 is 13.6. The van der Waals surface area contributed by atoms with Crippen LogP contribution in [0, 0.1) is 26.6 Å². The first kappa shape index (κ1) is 14.0. The largest absolute Gasteiger partial charge is 0.384 e. The molecule has 2 rings (SSSR count). The fraction of sp³-hybridized carbons (Fsp3) is 0.250. The Morgan fingerprint density at radius 1 is 0.947 bits per heavy atom. The molecule has 0 aromatic heterocycles. The number of halogens is 2. The maximum absolute atomic E-state index is 13.6. The maximum Gasteiger partial charge on any atom is 0.129 e. The lowest BCUT2D eigenvalue weighted by Crippen LogP contribution is -2.02. The minimum Gasteiger partial charge on any atom is -0.384 e. The smallest absolute Gasteiger partial charge is 0.129 e. The van der Waals surface area contributed by atoms with Gasteiger partial charge in [-0.15, -0.1) is 0 Å². The molecule has 2 aromatic carbocycles. The molecule has 100 valence electrons. The fourth-order valence-electron chi connectivity index (χ4n) is 2.25. The number of aliphatic hydroxyl groups excluding tert-OH is 1. The summed E-state index contributed by atoms with van der Waals surface area (Å²) in [5.74, 6) is -0.224. The van der Waals surface area contributed by atoms with Gasteiger partial charge in [0.05, 0.1) is 0 Å². The molecule has 0 heterocycles. The van der Waals surface area contributed by atoms with E-state index in [-0.39, 0.29) is 5.82 Å². The van der Waals surface area contributed by atoms with Crippen LogP contribution >= 0.6 is 11.6 Å². The third-order valence-corrected chi connectivity index (χ3v) is 3.37. The van der Waals surface area contributed by atoms with E-state index < -0.39 is 6.10 Å². The minimum absolute atomic E-state index is 0.224. The lowest BCUT2D eigenvalue weighted by Gasteiger charge is -2.15. The Hall–Kier alpha value is -1.38. The zero-order valence-electron chi connectivity index (χ0n) is 11.2. The van der Waals surface area contributed by atoms with Crippen LogP contribution in [0.15, 0.2) is 30.3 Å². The van der Waals surface area contributed by atoms with Crippen LogP contribution < -0.4 is 0 Å². The van der Waals surface area contributed by atoms with Gasteiger partial charge in [-0.2, -0.15) is 0 Å². The van der Waals surface area contributed by atoms with Crippen molar-refractivity contribution in [2.24, 2.45) is 0 Å². The van der Waals surface area contributed by atoms with Crippen LogP contribution in [0.1, 0.15) is 33.9 Å². The van der Waals surface area contributed by atoms with Crippen LogP contribution in [0.5, 0.6) is 0 Å². The fourth-order valence-corrected chi connectivity index (χ4v) is 2.55. The lowest BCUT2D eigenvalue weighted by atomic mass is 9.96. The van der Waals surface area contributed by atoms with Crippen molar-refractivity contribution in [3.63, 3.8) is 0 Å². The number of aryl methyl sites for hydroxylation is 3.